The van der Waals surface area contributed by atoms with Gasteiger partial charge in [0.05, 0.1) is 6.04 Å². The summed E-state index contributed by atoms with van der Waals surface area (Å²) in [4.78, 5) is 0. The van der Waals surface area contributed by atoms with E-state index >= 15 is 0 Å². The van der Waals surface area contributed by atoms with Gasteiger partial charge in [-0.2, -0.15) is 0 Å². The van der Waals surface area contributed by atoms with E-state index < -0.39 is 0 Å². The number of allylic oxidation sites excluding steroid dienone is 2. The van der Waals surface area contributed by atoms with Gasteiger partial charge in [-0.1, -0.05) is 53.6 Å². The summed E-state index contributed by atoms with van der Waals surface area (Å²) < 4.78 is 0. The van der Waals surface area contributed by atoms with Crippen molar-refractivity contribution < 1.29 is 5.11 Å². The van der Waals surface area contributed by atoms with E-state index in [1.54, 1.807) is 12.1 Å². The Labute approximate surface area is 139 Å². The maximum atomic E-state index is 10.2. The number of aromatic hydroxyl groups is 1. The minimum atomic E-state index is 0.0447. The zero-order valence-electron chi connectivity index (χ0n) is 11.8. The second-order valence-electron chi connectivity index (χ2n) is 5.88. The van der Waals surface area contributed by atoms with Crippen molar-refractivity contribution in [1.82, 2.24) is 0 Å². The number of hydrogen-bond donors (Lipinski definition) is 2. The van der Waals surface area contributed by atoms with E-state index in [9.17, 15) is 5.11 Å². The predicted molar refractivity (Wildman–Crippen MR) is 90.9 cm³/mol. The van der Waals surface area contributed by atoms with Crippen molar-refractivity contribution in [3.63, 3.8) is 0 Å². The molecule has 22 heavy (non-hydrogen) atoms. The molecule has 3 unspecified atom stereocenters. The summed E-state index contributed by atoms with van der Waals surface area (Å²) >= 11 is 12.6. The number of para-hydroxylation sites is 1. The molecular weight excluding hydrogens is 317 g/mol. The summed E-state index contributed by atoms with van der Waals surface area (Å²) in [6.45, 7) is 0. The minimum Gasteiger partial charge on any atom is -0.508 e. The van der Waals surface area contributed by atoms with Crippen LogP contribution < -0.4 is 5.32 Å². The number of phenolic OH excluding ortho intramolecular Hbond substituents is 1. The topological polar surface area (TPSA) is 32.3 Å². The van der Waals surface area contributed by atoms with Crippen LogP contribution in [0.1, 0.15) is 29.5 Å². The molecule has 2 N–H and O–H groups in total. The van der Waals surface area contributed by atoms with Gasteiger partial charge >= 0.3 is 0 Å². The molecule has 0 bridgehead atoms. The molecule has 1 aliphatic heterocycles. The van der Waals surface area contributed by atoms with Gasteiger partial charge in [0.15, 0.2) is 0 Å². The Kier molecular flexibility index (Phi) is 3.32. The Bertz CT molecular complexity index is 772. The van der Waals surface area contributed by atoms with Crippen LogP contribution in [0.5, 0.6) is 5.75 Å². The average molecular weight is 332 g/mol. The lowest BCUT2D eigenvalue weighted by Gasteiger charge is -2.38. The van der Waals surface area contributed by atoms with E-state index in [2.05, 4.69) is 17.5 Å². The number of anilines is 1. The monoisotopic (exact) mass is 331 g/mol. The molecule has 0 radical (unpaired) electrons. The van der Waals surface area contributed by atoms with Gasteiger partial charge < -0.3 is 10.4 Å². The summed E-state index contributed by atoms with van der Waals surface area (Å²) in [5.74, 6) is 0.923. The average Bonchev–Trinajstić information content (AvgIpc) is 2.95. The Morgan fingerprint density at radius 1 is 1.14 bits per heavy atom. The standard InChI is InChI=1S/C18H15Cl2NO/c19-10-8-14(20)17-11-5-3-6-12(11)18(21-15(17)9-10)13-4-1-2-7-16(13)22/h1-5,7-9,11-12,18,21-22H,6H2. The van der Waals surface area contributed by atoms with E-state index in [1.807, 2.05) is 24.3 Å². The lowest BCUT2D eigenvalue weighted by molar-refractivity contribution is 0.402. The molecular formula is C18H15Cl2NO. The highest BCUT2D eigenvalue weighted by Gasteiger charge is 2.39. The van der Waals surface area contributed by atoms with Gasteiger partial charge in [0.1, 0.15) is 5.75 Å². The van der Waals surface area contributed by atoms with Crippen molar-refractivity contribution in [2.45, 2.75) is 18.4 Å². The quantitative estimate of drug-likeness (QED) is 0.674. The van der Waals surface area contributed by atoms with Gasteiger partial charge in [-0.05, 0) is 30.5 Å². The maximum absolute atomic E-state index is 10.2. The van der Waals surface area contributed by atoms with Crippen LogP contribution in [0, 0.1) is 5.92 Å². The molecule has 4 rings (SSSR count). The summed E-state index contributed by atoms with van der Waals surface area (Å²) in [5.41, 5.74) is 2.98. The molecule has 0 saturated heterocycles. The maximum Gasteiger partial charge on any atom is 0.120 e. The third-order valence-corrected chi connectivity index (χ3v) is 5.18. The van der Waals surface area contributed by atoms with E-state index in [0.29, 0.717) is 21.7 Å². The first kappa shape index (κ1) is 14.0. The molecule has 2 nitrogen and oxygen atoms in total. The van der Waals surface area contributed by atoms with E-state index in [0.717, 1.165) is 23.2 Å². The third-order valence-electron chi connectivity index (χ3n) is 4.65. The number of hydrogen-bond acceptors (Lipinski definition) is 2. The number of rotatable bonds is 1. The molecule has 1 heterocycles. The molecule has 2 aromatic rings. The number of nitrogens with one attached hydrogen (secondary N) is 1. The van der Waals surface area contributed by atoms with E-state index in [1.165, 1.54) is 0 Å². The van der Waals surface area contributed by atoms with Crippen LogP contribution in [0.2, 0.25) is 10.0 Å². The molecule has 2 aromatic carbocycles. The lowest BCUT2D eigenvalue weighted by atomic mass is 9.77. The van der Waals surface area contributed by atoms with E-state index in [4.69, 9.17) is 23.2 Å². The summed E-state index contributed by atoms with van der Waals surface area (Å²) in [7, 11) is 0. The Hall–Kier alpha value is -1.64. The SMILES string of the molecule is Oc1ccccc1C1Nc2cc(Cl)cc(Cl)c2C2C=CCC21. The molecule has 2 aliphatic rings. The molecule has 0 amide bonds. The van der Waals surface area contributed by atoms with Gasteiger partial charge in [-0.3, -0.25) is 0 Å². The Morgan fingerprint density at radius 3 is 2.77 bits per heavy atom. The Morgan fingerprint density at radius 2 is 1.95 bits per heavy atom. The number of halogens is 2. The molecule has 0 fully saturated rings. The normalized spacial score (nSPS) is 25.5. The van der Waals surface area contributed by atoms with Crippen LogP contribution in [0.4, 0.5) is 5.69 Å². The fourth-order valence-corrected chi connectivity index (χ4v) is 4.32. The minimum absolute atomic E-state index is 0.0447. The first-order chi connectivity index (χ1) is 10.6. The van der Waals surface area contributed by atoms with Gasteiger partial charge in [0, 0.05) is 32.8 Å². The van der Waals surface area contributed by atoms with Crippen molar-refractivity contribution in [2.75, 3.05) is 5.32 Å². The van der Waals surface area contributed by atoms with Crippen LogP contribution in [0.3, 0.4) is 0 Å². The summed E-state index contributed by atoms with van der Waals surface area (Å²) in [6.07, 6.45) is 5.39. The largest absolute Gasteiger partial charge is 0.508 e. The Balaban J connectivity index is 1.86. The first-order valence-electron chi connectivity index (χ1n) is 7.35. The van der Waals surface area contributed by atoms with Crippen LogP contribution in [-0.2, 0) is 0 Å². The van der Waals surface area contributed by atoms with Crippen LogP contribution in [0.15, 0.2) is 48.6 Å². The van der Waals surface area contributed by atoms with E-state index in [-0.39, 0.29) is 12.0 Å². The number of phenols is 1. The zero-order chi connectivity index (χ0) is 15.3. The fraction of sp³-hybridized carbons (Fsp3) is 0.222. The van der Waals surface area contributed by atoms with Gasteiger partial charge in [-0.15, -0.1) is 0 Å². The summed E-state index contributed by atoms with van der Waals surface area (Å²) in [6, 6.07) is 11.3. The summed E-state index contributed by atoms with van der Waals surface area (Å²) in [5, 5.41) is 15.1. The van der Waals surface area contributed by atoms with Gasteiger partial charge in [-0.25, -0.2) is 0 Å². The van der Waals surface area contributed by atoms with Gasteiger partial charge in [0.25, 0.3) is 0 Å². The zero-order valence-corrected chi connectivity index (χ0v) is 13.3. The van der Waals surface area contributed by atoms with Crippen LogP contribution in [-0.4, -0.2) is 5.11 Å². The predicted octanol–water partition coefficient (Wildman–Crippen LogP) is 5.53. The number of fused-ring (bicyclic) bond motifs is 3. The fourth-order valence-electron chi connectivity index (χ4n) is 3.70. The molecule has 112 valence electrons. The van der Waals surface area contributed by atoms with Crippen molar-refractivity contribution in [1.29, 1.82) is 0 Å². The van der Waals surface area contributed by atoms with Crippen LogP contribution in [0.25, 0.3) is 0 Å². The third kappa shape index (κ3) is 2.10. The van der Waals surface area contributed by atoms with Crippen molar-refractivity contribution in [3.8, 4) is 5.75 Å². The molecule has 1 aliphatic carbocycles. The smallest absolute Gasteiger partial charge is 0.120 e. The van der Waals surface area contributed by atoms with Crippen molar-refractivity contribution in [2.24, 2.45) is 5.92 Å². The molecule has 0 saturated carbocycles. The molecule has 0 aromatic heterocycles. The van der Waals surface area contributed by atoms with Crippen molar-refractivity contribution in [3.05, 3.63) is 69.7 Å². The second kappa shape index (κ2) is 5.22. The highest BCUT2D eigenvalue weighted by molar-refractivity contribution is 6.35. The second-order valence-corrected chi connectivity index (χ2v) is 6.73. The lowest BCUT2D eigenvalue weighted by Crippen LogP contribution is -2.29. The molecule has 0 spiro atoms. The first-order valence-corrected chi connectivity index (χ1v) is 8.11. The number of benzene rings is 2. The molecule has 3 atom stereocenters. The van der Waals surface area contributed by atoms with Crippen molar-refractivity contribution >= 4 is 28.9 Å². The highest BCUT2D eigenvalue weighted by atomic mass is 35.5. The van der Waals surface area contributed by atoms with Gasteiger partial charge in [0.2, 0.25) is 0 Å². The highest BCUT2D eigenvalue weighted by Crippen LogP contribution is 2.53. The molecule has 4 heteroatoms. The van der Waals surface area contributed by atoms with Crippen LogP contribution >= 0.6 is 23.2 Å².